The SMILES string of the molecule is CNC(=O)C(C)NC(=O)C(C1CCCCC1)C(CCN1C(=O)c2cc3ccccc3cc2C1=O)C(=O)O. The zero-order chi connectivity index (χ0) is 26.7. The van der Waals surface area contributed by atoms with E-state index in [9.17, 15) is 29.1 Å². The summed E-state index contributed by atoms with van der Waals surface area (Å²) in [5.41, 5.74) is 0.605. The molecule has 9 nitrogen and oxygen atoms in total. The van der Waals surface area contributed by atoms with Crippen molar-refractivity contribution in [2.24, 2.45) is 17.8 Å². The van der Waals surface area contributed by atoms with E-state index in [0.29, 0.717) is 11.1 Å². The van der Waals surface area contributed by atoms with Gasteiger partial charge in [0.05, 0.1) is 23.0 Å². The molecular weight excluding hydrogens is 474 g/mol. The van der Waals surface area contributed by atoms with E-state index < -0.39 is 41.6 Å². The van der Waals surface area contributed by atoms with E-state index >= 15 is 0 Å². The van der Waals surface area contributed by atoms with Crippen LogP contribution in [0.2, 0.25) is 0 Å². The Labute approximate surface area is 215 Å². The smallest absolute Gasteiger partial charge is 0.307 e. The van der Waals surface area contributed by atoms with Crippen molar-refractivity contribution in [3.63, 3.8) is 0 Å². The summed E-state index contributed by atoms with van der Waals surface area (Å²) in [5, 5.41) is 17.0. The lowest BCUT2D eigenvalue weighted by Crippen LogP contribution is -2.50. The minimum atomic E-state index is -1.15. The van der Waals surface area contributed by atoms with Gasteiger partial charge >= 0.3 is 5.97 Å². The Kier molecular flexibility index (Phi) is 7.90. The van der Waals surface area contributed by atoms with Gasteiger partial charge in [0.25, 0.3) is 11.8 Å². The number of imide groups is 1. The first-order valence-corrected chi connectivity index (χ1v) is 12.9. The van der Waals surface area contributed by atoms with Gasteiger partial charge in [0.1, 0.15) is 6.04 Å². The molecule has 4 rings (SSSR count). The number of rotatable bonds is 9. The molecule has 1 heterocycles. The van der Waals surface area contributed by atoms with Crippen LogP contribution < -0.4 is 10.6 Å². The summed E-state index contributed by atoms with van der Waals surface area (Å²) in [6.45, 7) is 1.44. The van der Waals surface area contributed by atoms with Gasteiger partial charge in [0.2, 0.25) is 11.8 Å². The van der Waals surface area contributed by atoms with Gasteiger partial charge in [-0.1, -0.05) is 43.5 Å². The first-order valence-electron chi connectivity index (χ1n) is 12.9. The lowest BCUT2D eigenvalue weighted by molar-refractivity contribution is -0.150. The number of aliphatic carboxylic acids is 1. The topological polar surface area (TPSA) is 133 Å². The molecule has 1 saturated carbocycles. The van der Waals surface area contributed by atoms with Crippen molar-refractivity contribution in [1.29, 1.82) is 0 Å². The summed E-state index contributed by atoms with van der Waals surface area (Å²) in [6, 6.07) is 10.0. The summed E-state index contributed by atoms with van der Waals surface area (Å²) < 4.78 is 0. The highest BCUT2D eigenvalue weighted by Gasteiger charge is 2.42. The van der Waals surface area contributed by atoms with E-state index in [1.807, 2.05) is 24.3 Å². The Morgan fingerprint density at radius 3 is 2.05 bits per heavy atom. The molecule has 37 heavy (non-hydrogen) atoms. The Morgan fingerprint density at radius 1 is 0.973 bits per heavy atom. The Balaban J connectivity index is 1.56. The fourth-order valence-electron chi connectivity index (χ4n) is 5.72. The molecule has 0 bridgehead atoms. The van der Waals surface area contributed by atoms with E-state index in [1.54, 1.807) is 19.1 Å². The minimum absolute atomic E-state index is 0.0523. The van der Waals surface area contributed by atoms with Crippen LogP contribution in [0.15, 0.2) is 36.4 Å². The molecule has 0 saturated heterocycles. The molecule has 1 fully saturated rings. The van der Waals surface area contributed by atoms with Crippen LogP contribution in [-0.4, -0.2) is 59.2 Å². The van der Waals surface area contributed by atoms with Crippen LogP contribution in [-0.2, 0) is 14.4 Å². The van der Waals surface area contributed by atoms with Gasteiger partial charge in [0, 0.05) is 13.6 Å². The Bertz CT molecular complexity index is 1180. The summed E-state index contributed by atoms with van der Waals surface area (Å²) in [7, 11) is 1.47. The van der Waals surface area contributed by atoms with Crippen LogP contribution in [0, 0.1) is 17.8 Å². The number of amides is 4. The molecule has 3 N–H and O–H groups in total. The van der Waals surface area contributed by atoms with Crippen molar-refractivity contribution < 1.29 is 29.1 Å². The minimum Gasteiger partial charge on any atom is -0.481 e. The van der Waals surface area contributed by atoms with Gasteiger partial charge in [0.15, 0.2) is 0 Å². The van der Waals surface area contributed by atoms with Crippen LogP contribution >= 0.6 is 0 Å². The molecule has 2 aromatic rings. The summed E-state index contributed by atoms with van der Waals surface area (Å²) in [6.07, 6.45) is 4.21. The van der Waals surface area contributed by atoms with Gasteiger partial charge in [-0.3, -0.25) is 28.9 Å². The molecule has 2 aromatic carbocycles. The molecule has 1 aliphatic heterocycles. The van der Waals surface area contributed by atoms with Crippen molar-refractivity contribution in [3.8, 4) is 0 Å². The molecule has 196 valence electrons. The number of likely N-dealkylation sites (N-methyl/N-ethyl adjacent to an activating group) is 1. The molecule has 0 spiro atoms. The highest BCUT2D eigenvalue weighted by Crippen LogP contribution is 2.37. The van der Waals surface area contributed by atoms with Crippen molar-refractivity contribution in [3.05, 3.63) is 47.5 Å². The highest BCUT2D eigenvalue weighted by molar-refractivity contribution is 6.23. The maximum atomic E-state index is 13.4. The average molecular weight is 508 g/mol. The third kappa shape index (κ3) is 5.35. The van der Waals surface area contributed by atoms with E-state index in [2.05, 4.69) is 10.6 Å². The second kappa shape index (κ2) is 11.1. The number of fused-ring (bicyclic) bond motifs is 2. The largest absolute Gasteiger partial charge is 0.481 e. The summed E-state index contributed by atoms with van der Waals surface area (Å²) in [4.78, 5) is 65.1. The fraction of sp³-hybridized carbons (Fsp3) is 0.464. The maximum absolute atomic E-state index is 13.4. The predicted octanol–water partition coefficient (Wildman–Crippen LogP) is 2.97. The van der Waals surface area contributed by atoms with Crippen LogP contribution in [0.3, 0.4) is 0 Å². The van der Waals surface area contributed by atoms with Crippen LogP contribution in [0.1, 0.15) is 66.2 Å². The van der Waals surface area contributed by atoms with Gasteiger partial charge in [-0.15, -0.1) is 0 Å². The van der Waals surface area contributed by atoms with Crippen molar-refractivity contribution in [2.75, 3.05) is 13.6 Å². The van der Waals surface area contributed by atoms with Crippen molar-refractivity contribution >= 4 is 40.4 Å². The van der Waals surface area contributed by atoms with Crippen molar-refractivity contribution in [2.45, 2.75) is 51.5 Å². The molecule has 2 aliphatic rings. The first-order chi connectivity index (χ1) is 17.7. The number of hydrogen-bond acceptors (Lipinski definition) is 5. The standard InChI is InChI=1S/C28H33N3O6/c1-16(24(32)29-2)30-25(33)23(17-8-4-3-5-9-17)20(28(36)37)12-13-31-26(34)21-14-18-10-6-7-11-19(18)15-22(21)27(31)35/h6-7,10-11,14-17,20,23H,3-5,8-9,12-13H2,1-2H3,(H,29,32)(H,30,33)(H,36,37). The molecule has 1 aliphatic carbocycles. The number of carboxylic acid groups (broad SMARTS) is 1. The Morgan fingerprint density at radius 2 is 1.54 bits per heavy atom. The van der Waals surface area contributed by atoms with E-state index in [-0.39, 0.29) is 24.8 Å². The molecule has 4 amide bonds. The third-order valence-electron chi connectivity index (χ3n) is 7.71. The third-order valence-corrected chi connectivity index (χ3v) is 7.71. The molecule has 0 radical (unpaired) electrons. The normalized spacial score (nSPS) is 18.3. The lowest BCUT2D eigenvalue weighted by Gasteiger charge is -2.34. The number of nitrogens with one attached hydrogen (secondary N) is 2. The van der Waals surface area contributed by atoms with Crippen LogP contribution in [0.25, 0.3) is 10.8 Å². The number of carboxylic acids is 1. The molecule has 9 heteroatoms. The van der Waals surface area contributed by atoms with Gasteiger partial charge in [-0.05, 0) is 55.0 Å². The molecule has 3 unspecified atom stereocenters. The summed E-state index contributed by atoms with van der Waals surface area (Å²) in [5.74, 6) is -5.06. The average Bonchev–Trinajstić information content (AvgIpc) is 3.13. The van der Waals surface area contributed by atoms with Crippen molar-refractivity contribution in [1.82, 2.24) is 15.5 Å². The van der Waals surface area contributed by atoms with Crippen LogP contribution in [0.5, 0.6) is 0 Å². The van der Waals surface area contributed by atoms with Gasteiger partial charge < -0.3 is 15.7 Å². The zero-order valence-corrected chi connectivity index (χ0v) is 21.2. The number of nitrogens with zero attached hydrogens (tertiary/aromatic N) is 1. The lowest BCUT2D eigenvalue weighted by atomic mass is 9.72. The number of benzene rings is 2. The Hall–Kier alpha value is -3.75. The van der Waals surface area contributed by atoms with E-state index in [0.717, 1.165) is 47.8 Å². The second-order valence-corrected chi connectivity index (χ2v) is 10.0. The number of carbonyl (C=O) groups is 5. The molecule has 3 atom stereocenters. The molecule has 0 aromatic heterocycles. The van der Waals surface area contributed by atoms with Gasteiger partial charge in [-0.25, -0.2) is 0 Å². The number of carbonyl (C=O) groups excluding carboxylic acids is 4. The predicted molar refractivity (Wildman–Crippen MR) is 137 cm³/mol. The quantitative estimate of drug-likeness (QED) is 0.447. The first kappa shape index (κ1) is 26.3. The fourth-order valence-corrected chi connectivity index (χ4v) is 5.72. The monoisotopic (exact) mass is 507 g/mol. The zero-order valence-electron chi connectivity index (χ0n) is 21.2. The summed E-state index contributed by atoms with van der Waals surface area (Å²) >= 11 is 0. The molecular formula is C28H33N3O6. The van der Waals surface area contributed by atoms with E-state index in [1.165, 1.54) is 7.05 Å². The van der Waals surface area contributed by atoms with Crippen LogP contribution in [0.4, 0.5) is 0 Å². The number of hydrogen-bond donors (Lipinski definition) is 3. The van der Waals surface area contributed by atoms with Gasteiger partial charge in [-0.2, -0.15) is 0 Å². The maximum Gasteiger partial charge on any atom is 0.307 e. The second-order valence-electron chi connectivity index (χ2n) is 10.0. The highest BCUT2D eigenvalue weighted by atomic mass is 16.4. The van der Waals surface area contributed by atoms with E-state index in [4.69, 9.17) is 0 Å².